The molecular weight excluding hydrogens is 242 g/mol. The zero-order valence-corrected chi connectivity index (χ0v) is 10.4. The van der Waals surface area contributed by atoms with Crippen LogP contribution in [0.25, 0.3) is 0 Å². The summed E-state index contributed by atoms with van der Waals surface area (Å²) in [6.45, 7) is 0. The van der Waals surface area contributed by atoms with Crippen LogP contribution in [0.5, 0.6) is 0 Å². The predicted molar refractivity (Wildman–Crippen MR) is 66.5 cm³/mol. The molecule has 96 valence electrons. The third kappa shape index (κ3) is 1.57. The highest BCUT2D eigenvalue weighted by molar-refractivity contribution is 6.06. The predicted octanol–water partition coefficient (Wildman–Crippen LogP) is 0.454. The third-order valence-corrected chi connectivity index (χ3v) is 3.99. The Morgan fingerprint density at radius 1 is 1.16 bits per heavy atom. The molecular formula is C14H13N3O2. The smallest absolute Gasteiger partial charge is 0.235 e. The van der Waals surface area contributed by atoms with E-state index in [1.165, 1.54) is 7.05 Å². The van der Waals surface area contributed by atoms with E-state index in [4.69, 9.17) is 0 Å². The summed E-state index contributed by atoms with van der Waals surface area (Å²) in [5.74, 6) is -1.49. The lowest BCUT2D eigenvalue weighted by Crippen LogP contribution is -2.36. The standard InChI is InChI=1S/C14H13N3O2/c1-17-13(18)10-9(7-15)16-12(11(10)14(17)19)8-5-3-2-4-6-8/h2-6,9-12,16H,1H3/t9-,10+,11+,12+/m1/s1. The van der Waals surface area contributed by atoms with E-state index in [1.807, 2.05) is 30.3 Å². The normalized spacial score (nSPS) is 33.4. The number of nitrogens with one attached hydrogen (secondary N) is 1. The molecule has 2 saturated heterocycles. The molecule has 0 spiro atoms. The van der Waals surface area contributed by atoms with Crippen LogP contribution in [0.15, 0.2) is 30.3 Å². The molecule has 5 nitrogen and oxygen atoms in total. The van der Waals surface area contributed by atoms with Gasteiger partial charge in [-0.2, -0.15) is 5.26 Å². The molecule has 1 N–H and O–H groups in total. The maximum absolute atomic E-state index is 12.2. The minimum absolute atomic E-state index is 0.200. The Morgan fingerprint density at radius 3 is 2.42 bits per heavy atom. The molecule has 1 aromatic carbocycles. The molecule has 4 atom stereocenters. The average molecular weight is 255 g/mol. The number of likely N-dealkylation sites (tertiary alicyclic amines) is 1. The van der Waals surface area contributed by atoms with Gasteiger partial charge in [-0.25, -0.2) is 0 Å². The van der Waals surface area contributed by atoms with Gasteiger partial charge < -0.3 is 0 Å². The summed E-state index contributed by atoms with van der Waals surface area (Å²) in [7, 11) is 1.49. The molecule has 1 aromatic rings. The highest BCUT2D eigenvalue weighted by Gasteiger charge is 2.58. The average Bonchev–Trinajstić information content (AvgIpc) is 2.93. The summed E-state index contributed by atoms with van der Waals surface area (Å²) in [6.07, 6.45) is 0. The van der Waals surface area contributed by atoms with Gasteiger partial charge in [0.15, 0.2) is 0 Å². The number of carbonyl (C=O) groups is 2. The first-order valence-corrected chi connectivity index (χ1v) is 6.17. The van der Waals surface area contributed by atoms with Crippen molar-refractivity contribution in [3.05, 3.63) is 35.9 Å². The molecule has 0 aliphatic carbocycles. The van der Waals surface area contributed by atoms with Gasteiger partial charge in [-0.3, -0.25) is 19.8 Å². The van der Waals surface area contributed by atoms with Crippen LogP contribution in [-0.4, -0.2) is 29.8 Å². The zero-order chi connectivity index (χ0) is 13.6. The second-order valence-electron chi connectivity index (χ2n) is 4.95. The van der Waals surface area contributed by atoms with Gasteiger partial charge in [-0.1, -0.05) is 30.3 Å². The first kappa shape index (κ1) is 11.9. The highest BCUT2D eigenvalue weighted by atomic mass is 16.2. The van der Waals surface area contributed by atoms with Gasteiger partial charge in [0.25, 0.3) is 0 Å². The first-order chi connectivity index (χ1) is 9.15. The van der Waals surface area contributed by atoms with E-state index in [0.29, 0.717) is 0 Å². The van der Waals surface area contributed by atoms with Crippen LogP contribution >= 0.6 is 0 Å². The summed E-state index contributed by atoms with van der Waals surface area (Å²) in [6, 6.07) is 10.7. The van der Waals surface area contributed by atoms with Crippen LogP contribution in [0.4, 0.5) is 0 Å². The van der Waals surface area contributed by atoms with E-state index in [-0.39, 0.29) is 17.9 Å². The van der Waals surface area contributed by atoms with Crippen molar-refractivity contribution < 1.29 is 9.59 Å². The van der Waals surface area contributed by atoms with Crippen molar-refractivity contribution in [3.8, 4) is 6.07 Å². The fourth-order valence-electron chi connectivity index (χ4n) is 3.05. The number of imide groups is 1. The van der Waals surface area contributed by atoms with Crippen molar-refractivity contribution >= 4 is 11.8 Å². The molecule has 5 heteroatoms. The van der Waals surface area contributed by atoms with E-state index < -0.39 is 17.9 Å². The van der Waals surface area contributed by atoms with E-state index in [9.17, 15) is 14.9 Å². The van der Waals surface area contributed by atoms with Crippen LogP contribution in [0.1, 0.15) is 11.6 Å². The number of rotatable bonds is 1. The van der Waals surface area contributed by atoms with E-state index in [1.54, 1.807) is 0 Å². The molecule has 19 heavy (non-hydrogen) atoms. The molecule has 0 bridgehead atoms. The van der Waals surface area contributed by atoms with Crippen LogP contribution in [0.3, 0.4) is 0 Å². The van der Waals surface area contributed by atoms with Crippen molar-refractivity contribution in [2.75, 3.05) is 7.05 Å². The molecule has 0 unspecified atom stereocenters. The SMILES string of the molecule is CN1C(=O)[C@@H]2[C@H](C1=O)[C@H](c1ccccc1)N[C@@H]2C#N. The quantitative estimate of drug-likeness (QED) is 0.740. The second kappa shape index (κ2) is 4.18. The fraction of sp³-hybridized carbons (Fsp3) is 0.357. The van der Waals surface area contributed by atoms with Gasteiger partial charge in [0.2, 0.25) is 11.8 Å². The number of hydrogen-bond donors (Lipinski definition) is 1. The third-order valence-electron chi connectivity index (χ3n) is 3.99. The van der Waals surface area contributed by atoms with Crippen LogP contribution < -0.4 is 5.32 Å². The zero-order valence-electron chi connectivity index (χ0n) is 10.4. The second-order valence-corrected chi connectivity index (χ2v) is 4.95. The summed E-state index contributed by atoms with van der Waals surface area (Å²) < 4.78 is 0. The molecule has 2 aliphatic rings. The summed E-state index contributed by atoms with van der Waals surface area (Å²) >= 11 is 0. The van der Waals surface area contributed by atoms with Gasteiger partial charge in [0.1, 0.15) is 6.04 Å². The van der Waals surface area contributed by atoms with Gasteiger partial charge >= 0.3 is 0 Å². The van der Waals surface area contributed by atoms with Gasteiger partial charge in [-0.15, -0.1) is 0 Å². The molecule has 3 rings (SSSR count). The van der Waals surface area contributed by atoms with E-state index >= 15 is 0 Å². The minimum Gasteiger partial charge on any atom is -0.293 e. The molecule has 2 fully saturated rings. The molecule has 2 heterocycles. The highest BCUT2D eigenvalue weighted by Crippen LogP contribution is 2.42. The van der Waals surface area contributed by atoms with Crippen molar-refractivity contribution in [2.24, 2.45) is 11.8 Å². The molecule has 0 aromatic heterocycles. The Kier molecular flexibility index (Phi) is 2.61. The van der Waals surface area contributed by atoms with Crippen molar-refractivity contribution in [3.63, 3.8) is 0 Å². The Morgan fingerprint density at radius 2 is 1.79 bits per heavy atom. The van der Waals surface area contributed by atoms with Crippen molar-refractivity contribution in [1.29, 1.82) is 5.26 Å². The molecule has 2 amide bonds. The Balaban J connectivity index is 2.03. The minimum atomic E-state index is -0.600. The monoisotopic (exact) mass is 255 g/mol. The summed E-state index contributed by atoms with van der Waals surface area (Å²) in [5.41, 5.74) is 0.937. The van der Waals surface area contributed by atoms with E-state index in [2.05, 4.69) is 11.4 Å². The number of benzene rings is 1. The summed E-state index contributed by atoms with van der Waals surface area (Å²) in [4.78, 5) is 25.4. The topological polar surface area (TPSA) is 73.2 Å². The van der Waals surface area contributed by atoms with Gasteiger partial charge in [0, 0.05) is 13.1 Å². The number of carbonyl (C=O) groups excluding carboxylic acids is 2. The first-order valence-electron chi connectivity index (χ1n) is 6.17. The van der Waals surface area contributed by atoms with Crippen molar-refractivity contribution in [1.82, 2.24) is 10.2 Å². The van der Waals surface area contributed by atoms with Crippen LogP contribution in [-0.2, 0) is 9.59 Å². The molecule has 0 saturated carbocycles. The number of fused-ring (bicyclic) bond motifs is 1. The number of hydrogen-bond acceptors (Lipinski definition) is 4. The lowest BCUT2D eigenvalue weighted by molar-refractivity contribution is -0.138. The number of nitriles is 1. The Hall–Kier alpha value is -2.19. The maximum Gasteiger partial charge on any atom is 0.235 e. The van der Waals surface area contributed by atoms with Gasteiger partial charge in [-0.05, 0) is 5.56 Å². The molecule has 2 aliphatic heterocycles. The number of amides is 2. The lowest BCUT2D eigenvalue weighted by Gasteiger charge is -2.18. The number of nitrogens with zero attached hydrogens (tertiary/aromatic N) is 2. The Labute approximate surface area is 110 Å². The van der Waals surface area contributed by atoms with Crippen LogP contribution in [0.2, 0.25) is 0 Å². The lowest BCUT2D eigenvalue weighted by atomic mass is 9.87. The fourth-order valence-corrected chi connectivity index (χ4v) is 3.05. The summed E-state index contributed by atoms with van der Waals surface area (Å²) in [5, 5.41) is 12.3. The van der Waals surface area contributed by atoms with Gasteiger partial charge in [0.05, 0.1) is 17.9 Å². The van der Waals surface area contributed by atoms with E-state index in [0.717, 1.165) is 10.5 Å². The maximum atomic E-state index is 12.2. The molecule has 0 radical (unpaired) electrons. The van der Waals surface area contributed by atoms with Crippen LogP contribution in [0, 0.1) is 23.2 Å². The Bertz CT molecular complexity index is 578. The van der Waals surface area contributed by atoms with Crippen molar-refractivity contribution in [2.45, 2.75) is 12.1 Å². The largest absolute Gasteiger partial charge is 0.293 e.